The highest BCUT2D eigenvalue weighted by atomic mass is 16.2. The second-order valence-electron chi connectivity index (χ2n) is 2.67. The van der Waals surface area contributed by atoms with Crippen LogP contribution in [0, 0.1) is 0 Å². The molecule has 1 aromatic heterocycles. The molecule has 0 N–H and O–H groups in total. The van der Waals surface area contributed by atoms with E-state index in [-0.39, 0.29) is 13.1 Å². The fraction of sp³-hybridized carbons (Fsp3) is 0.429. The normalized spacial score (nSPS) is 9.50. The Morgan fingerprint density at radius 1 is 1.43 bits per heavy atom. The maximum atomic E-state index is 11.3. The Hall–Kier alpha value is -2.01. The van der Waals surface area contributed by atoms with Gasteiger partial charge < -0.3 is 9.13 Å². The zero-order valence-corrected chi connectivity index (χ0v) is 7.62. The Balaban J connectivity index is 3.00. The summed E-state index contributed by atoms with van der Waals surface area (Å²) < 4.78 is 2.42. The van der Waals surface area contributed by atoms with E-state index < -0.39 is 11.1 Å². The van der Waals surface area contributed by atoms with E-state index in [9.17, 15) is 9.59 Å². The van der Waals surface area contributed by atoms with Gasteiger partial charge in [-0.3, -0.25) is 9.59 Å². The lowest BCUT2D eigenvalue weighted by Crippen LogP contribution is -2.39. The van der Waals surface area contributed by atoms with Crippen LogP contribution in [0.4, 0.5) is 0 Å². The first-order chi connectivity index (χ1) is 6.66. The lowest BCUT2D eigenvalue weighted by molar-refractivity contribution is 0.643. The molecule has 0 bridgehead atoms. The number of aryl methyl sites for hydroxylation is 1. The highest BCUT2D eigenvalue weighted by Gasteiger charge is 2.00. The summed E-state index contributed by atoms with van der Waals surface area (Å²) in [6.07, 6.45) is 2.97. The Labute approximate surface area is 78.8 Å². The predicted octanol–water partition coefficient (Wildman–Crippen LogP) is -0.143. The molecule has 0 fully saturated rings. The van der Waals surface area contributed by atoms with E-state index in [4.69, 9.17) is 5.53 Å². The van der Waals surface area contributed by atoms with Crippen LogP contribution < -0.4 is 11.1 Å². The zero-order chi connectivity index (χ0) is 10.6. The van der Waals surface area contributed by atoms with E-state index in [1.54, 1.807) is 0 Å². The van der Waals surface area contributed by atoms with E-state index in [1.807, 2.05) is 0 Å². The van der Waals surface area contributed by atoms with Gasteiger partial charge in [0.1, 0.15) is 0 Å². The average molecular weight is 195 g/mol. The van der Waals surface area contributed by atoms with Crippen LogP contribution in [0.1, 0.15) is 0 Å². The van der Waals surface area contributed by atoms with Crippen LogP contribution in [0.3, 0.4) is 0 Å². The van der Waals surface area contributed by atoms with Crippen molar-refractivity contribution < 1.29 is 0 Å². The second kappa shape index (κ2) is 4.29. The monoisotopic (exact) mass is 195 g/mol. The molecular formula is C7H9N5O2. The summed E-state index contributed by atoms with van der Waals surface area (Å²) >= 11 is 0. The topological polar surface area (TPSA) is 92.8 Å². The first-order valence-electron chi connectivity index (χ1n) is 3.93. The summed E-state index contributed by atoms with van der Waals surface area (Å²) in [5.41, 5.74) is 6.82. The number of hydrogen-bond donors (Lipinski definition) is 0. The second-order valence-corrected chi connectivity index (χ2v) is 2.67. The summed E-state index contributed by atoms with van der Waals surface area (Å²) in [6, 6.07) is 0. The van der Waals surface area contributed by atoms with Gasteiger partial charge in [-0.25, -0.2) is 0 Å². The smallest absolute Gasteiger partial charge is 0.312 e. The number of hydrogen-bond acceptors (Lipinski definition) is 3. The van der Waals surface area contributed by atoms with Gasteiger partial charge in [0, 0.05) is 37.4 Å². The SMILES string of the molecule is Cn1ccn(CCN=[N+]=[N-])c(=O)c1=O. The average Bonchev–Trinajstić information content (AvgIpc) is 2.18. The molecule has 0 saturated heterocycles. The maximum Gasteiger partial charge on any atom is 0.316 e. The van der Waals surface area contributed by atoms with Crippen LogP contribution in [-0.2, 0) is 13.6 Å². The largest absolute Gasteiger partial charge is 0.316 e. The minimum atomic E-state index is -0.608. The molecule has 0 aromatic carbocycles. The molecule has 1 aromatic rings. The van der Waals surface area contributed by atoms with Crippen molar-refractivity contribution in [3.05, 3.63) is 43.5 Å². The van der Waals surface area contributed by atoms with Crippen LogP contribution in [-0.4, -0.2) is 15.7 Å². The molecule has 7 heteroatoms. The number of aromatic nitrogens is 2. The standard InChI is InChI=1S/C7H9N5O2/c1-11-4-5-12(3-2-9-10-8)7(14)6(11)13/h4-5H,2-3H2,1H3. The highest BCUT2D eigenvalue weighted by molar-refractivity contribution is 4.84. The third-order valence-electron chi connectivity index (χ3n) is 1.74. The third-order valence-corrected chi connectivity index (χ3v) is 1.74. The van der Waals surface area contributed by atoms with Crippen LogP contribution in [0.2, 0.25) is 0 Å². The molecular weight excluding hydrogens is 186 g/mol. The van der Waals surface area contributed by atoms with Gasteiger partial charge in [-0.1, -0.05) is 5.11 Å². The quantitative estimate of drug-likeness (QED) is 0.290. The summed E-state index contributed by atoms with van der Waals surface area (Å²) in [7, 11) is 1.50. The fourth-order valence-electron chi connectivity index (χ4n) is 0.963. The molecule has 0 atom stereocenters. The fourth-order valence-corrected chi connectivity index (χ4v) is 0.963. The van der Waals surface area contributed by atoms with Gasteiger partial charge in [0.25, 0.3) is 0 Å². The minimum absolute atomic E-state index is 0.156. The molecule has 74 valence electrons. The molecule has 0 amide bonds. The van der Waals surface area contributed by atoms with E-state index in [0.29, 0.717) is 0 Å². The molecule has 0 aliphatic heterocycles. The first-order valence-corrected chi connectivity index (χ1v) is 3.93. The van der Waals surface area contributed by atoms with Crippen LogP contribution in [0.15, 0.2) is 27.1 Å². The Morgan fingerprint density at radius 3 is 2.79 bits per heavy atom. The van der Waals surface area contributed by atoms with Crippen LogP contribution in [0.25, 0.3) is 10.4 Å². The zero-order valence-electron chi connectivity index (χ0n) is 7.62. The molecule has 0 aliphatic rings. The molecule has 0 saturated carbocycles. The first kappa shape index (κ1) is 10.1. The van der Waals surface area contributed by atoms with Crippen molar-refractivity contribution in [1.82, 2.24) is 9.13 Å². The van der Waals surface area contributed by atoms with Gasteiger partial charge in [-0.05, 0) is 5.53 Å². The molecule has 0 unspecified atom stereocenters. The Bertz CT molecular complexity index is 480. The lowest BCUT2D eigenvalue weighted by Gasteiger charge is -2.02. The molecule has 14 heavy (non-hydrogen) atoms. The van der Waals surface area contributed by atoms with Crippen molar-refractivity contribution in [2.45, 2.75) is 6.54 Å². The molecule has 1 heterocycles. The van der Waals surface area contributed by atoms with E-state index >= 15 is 0 Å². The van der Waals surface area contributed by atoms with Crippen molar-refractivity contribution in [3.8, 4) is 0 Å². The minimum Gasteiger partial charge on any atom is -0.312 e. The van der Waals surface area contributed by atoms with E-state index in [2.05, 4.69) is 10.0 Å². The lowest BCUT2D eigenvalue weighted by atomic mass is 10.5. The number of azide groups is 1. The van der Waals surface area contributed by atoms with Gasteiger partial charge in [-0.15, -0.1) is 0 Å². The van der Waals surface area contributed by atoms with Gasteiger partial charge in [-0.2, -0.15) is 0 Å². The predicted molar refractivity (Wildman–Crippen MR) is 50.0 cm³/mol. The third kappa shape index (κ3) is 2.02. The molecule has 0 spiro atoms. The van der Waals surface area contributed by atoms with Gasteiger partial charge in [0.05, 0.1) is 0 Å². The molecule has 0 radical (unpaired) electrons. The van der Waals surface area contributed by atoms with Gasteiger partial charge >= 0.3 is 11.1 Å². The van der Waals surface area contributed by atoms with Crippen molar-refractivity contribution in [2.75, 3.05) is 6.54 Å². The molecule has 1 rings (SSSR count). The van der Waals surface area contributed by atoms with Gasteiger partial charge in [0.15, 0.2) is 0 Å². The van der Waals surface area contributed by atoms with Gasteiger partial charge in [0.2, 0.25) is 0 Å². The Morgan fingerprint density at radius 2 is 2.14 bits per heavy atom. The van der Waals surface area contributed by atoms with Crippen LogP contribution >= 0.6 is 0 Å². The van der Waals surface area contributed by atoms with Crippen molar-refractivity contribution in [2.24, 2.45) is 12.2 Å². The van der Waals surface area contributed by atoms with Crippen molar-refractivity contribution >= 4 is 0 Å². The summed E-state index contributed by atoms with van der Waals surface area (Å²) in [5.74, 6) is 0. The summed E-state index contributed by atoms with van der Waals surface area (Å²) in [5, 5.41) is 3.27. The number of rotatable bonds is 3. The highest BCUT2D eigenvalue weighted by Crippen LogP contribution is 1.80. The molecule has 7 nitrogen and oxygen atoms in total. The van der Waals surface area contributed by atoms with E-state index in [1.165, 1.54) is 28.6 Å². The Kier molecular flexibility index (Phi) is 3.09. The van der Waals surface area contributed by atoms with E-state index in [0.717, 1.165) is 0 Å². The summed E-state index contributed by atoms with van der Waals surface area (Å²) in [6.45, 7) is 0.378. The van der Waals surface area contributed by atoms with Crippen molar-refractivity contribution in [1.29, 1.82) is 0 Å². The van der Waals surface area contributed by atoms with Crippen LogP contribution in [0.5, 0.6) is 0 Å². The van der Waals surface area contributed by atoms with Crippen molar-refractivity contribution in [3.63, 3.8) is 0 Å². The summed E-state index contributed by atoms with van der Waals surface area (Å²) in [4.78, 5) is 25.0. The number of nitrogens with zero attached hydrogens (tertiary/aromatic N) is 5. The molecule has 0 aliphatic carbocycles. The maximum absolute atomic E-state index is 11.3.